The maximum Gasteiger partial charge on any atom is 0.308 e. The van der Waals surface area contributed by atoms with Crippen LogP contribution in [0.5, 0.6) is 0 Å². The van der Waals surface area contributed by atoms with Crippen molar-refractivity contribution < 1.29 is 28.9 Å². The van der Waals surface area contributed by atoms with Crippen LogP contribution in [0.25, 0.3) is 5.52 Å². The van der Waals surface area contributed by atoms with Crippen molar-refractivity contribution in [1.29, 1.82) is 5.26 Å². The van der Waals surface area contributed by atoms with E-state index in [0.29, 0.717) is 5.52 Å². The van der Waals surface area contributed by atoms with Crippen LogP contribution in [0.2, 0.25) is 0 Å². The SMILES string of the molecule is CCC(=O)OC[C@H]1O[C@@](C#N)(c2ccc3c(N)nncn23)[C@H](O)[C@@H]1OC(=O)C(C)C. The van der Waals surface area contributed by atoms with Crippen LogP contribution in [0.3, 0.4) is 0 Å². The molecule has 3 rings (SSSR count). The van der Waals surface area contributed by atoms with Crippen molar-refractivity contribution in [2.75, 3.05) is 12.3 Å². The van der Waals surface area contributed by atoms with E-state index in [1.165, 1.54) is 10.7 Å². The highest BCUT2D eigenvalue weighted by Gasteiger charge is 2.59. The molecule has 0 bridgehead atoms. The first-order valence-corrected chi connectivity index (χ1v) is 9.47. The van der Waals surface area contributed by atoms with E-state index in [2.05, 4.69) is 10.2 Å². The lowest BCUT2D eigenvalue weighted by atomic mass is 9.92. The summed E-state index contributed by atoms with van der Waals surface area (Å²) in [6, 6.07) is 5.14. The van der Waals surface area contributed by atoms with Crippen LogP contribution in [0.1, 0.15) is 32.9 Å². The van der Waals surface area contributed by atoms with Crippen LogP contribution in [0.15, 0.2) is 18.5 Å². The molecular weight excluding hydrogens is 394 g/mol. The standard InChI is InChI=1S/C19H23N5O6/c1-4-14(25)28-7-12-15(29-18(27)10(2)3)16(26)19(8-20,30-12)13-6-5-11-17(21)23-22-9-24(11)13/h5-6,9-10,12,15-16,26H,4,7H2,1-3H3,(H2,21,23)/t12-,15-,16-,19+/m1/s1. The molecule has 11 nitrogen and oxygen atoms in total. The lowest BCUT2D eigenvalue weighted by Crippen LogP contribution is -2.43. The Balaban J connectivity index is 2.03. The van der Waals surface area contributed by atoms with E-state index in [1.54, 1.807) is 32.9 Å². The Hall–Kier alpha value is -3.23. The summed E-state index contributed by atoms with van der Waals surface area (Å²) in [4.78, 5) is 23.8. The van der Waals surface area contributed by atoms with E-state index in [0.717, 1.165) is 0 Å². The minimum atomic E-state index is -1.92. The number of anilines is 1. The smallest absolute Gasteiger partial charge is 0.308 e. The molecule has 0 amide bonds. The van der Waals surface area contributed by atoms with E-state index in [-0.39, 0.29) is 24.5 Å². The van der Waals surface area contributed by atoms with Gasteiger partial charge in [0.1, 0.15) is 31.2 Å². The summed E-state index contributed by atoms with van der Waals surface area (Å²) in [7, 11) is 0. The number of carbonyl (C=O) groups is 2. The summed E-state index contributed by atoms with van der Waals surface area (Å²) < 4.78 is 18.0. The molecule has 0 unspecified atom stereocenters. The van der Waals surface area contributed by atoms with Gasteiger partial charge in [-0.1, -0.05) is 20.8 Å². The zero-order valence-corrected chi connectivity index (χ0v) is 16.8. The third kappa shape index (κ3) is 3.55. The molecule has 0 saturated carbocycles. The molecule has 1 aliphatic heterocycles. The van der Waals surface area contributed by atoms with Crippen molar-refractivity contribution in [3.05, 3.63) is 24.2 Å². The Bertz CT molecular complexity index is 999. The average Bonchev–Trinajstić information content (AvgIpc) is 3.27. The number of hydrogen-bond acceptors (Lipinski definition) is 10. The molecule has 2 aromatic heterocycles. The monoisotopic (exact) mass is 417 g/mol. The molecule has 0 aliphatic carbocycles. The highest BCUT2D eigenvalue weighted by molar-refractivity contribution is 5.72. The number of carbonyl (C=O) groups excluding carboxylic acids is 2. The lowest BCUT2D eigenvalue weighted by Gasteiger charge is -2.25. The minimum Gasteiger partial charge on any atom is -0.463 e. The van der Waals surface area contributed by atoms with Crippen molar-refractivity contribution in [3.8, 4) is 6.07 Å². The van der Waals surface area contributed by atoms with E-state index in [1.807, 2.05) is 6.07 Å². The minimum absolute atomic E-state index is 0.125. The molecule has 11 heteroatoms. The average molecular weight is 417 g/mol. The van der Waals surface area contributed by atoms with E-state index in [4.69, 9.17) is 19.9 Å². The molecule has 3 heterocycles. The molecule has 0 spiro atoms. The first-order valence-electron chi connectivity index (χ1n) is 9.47. The van der Waals surface area contributed by atoms with Crippen LogP contribution >= 0.6 is 0 Å². The fourth-order valence-corrected chi connectivity index (χ4v) is 3.26. The quantitative estimate of drug-likeness (QED) is 0.625. The molecule has 1 saturated heterocycles. The molecule has 3 N–H and O–H groups in total. The second-order valence-electron chi connectivity index (χ2n) is 7.23. The summed E-state index contributed by atoms with van der Waals surface area (Å²) in [6.45, 7) is 4.60. The van der Waals surface area contributed by atoms with Gasteiger partial charge in [-0.2, -0.15) is 5.26 Å². The fourth-order valence-electron chi connectivity index (χ4n) is 3.26. The van der Waals surface area contributed by atoms with Gasteiger partial charge in [-0.05, 0) is 12.1 Å². The molecule has 1 fully saturated rings. The summed E-state index contributed by atoms with van der Waals surface area (Å²) in [5.41, 5.74) is 4.59. The van der Waals surface area contributed by atoms with Gasteiger partial charge in [0.15, 0.2) is 11.9 Å². The Kier molecular flexibility index (Phi) is 5.91. The van der Waals surface area contributed by atoms with Gasteiger partial charge >= 0.3 is 11.9 Å². The summed E-state index contributed by atoms with van der Waals surface area (Å²) >= 11 is 0. The van der Waals surface area contributed by atoms with Crippen molar-refractivity contribution in [2.45, 2.75) is 51.1 Å². The topological polar surface area (TPSA) is 162 Å². The second kappa shape index (κ2) is 8.25. The number of aliphatic hydroxyl groups excluding tert-OH is 1. The number of nitriles is 1. The molecule has 160 valence electrons. The highest BCUT2D eigenvalue weighted by Crippen LogP contribution is 2.42. The molecule has 2 aromatic rings. The van der Waals surface area contributed by atoms with Gasteiger partial charge in [0.05, 0.1) is 17.1 Å². The van der Waals surface area contributed by atoms with Crippen molar-refractivity contribution in [1.82, 2.24) is 14.6 Å². The fraction of sp³-hybridized carbons (Fsp3) is 0.526. The summed E-state index contributed by atoms with van der Waals surface area (Å²) in [5, 5.41) is 28.6. The maximum atomic E-state index is 12.2. The third-order valence-electron chi connectivity index (χ3n) is 4.91. The molecule has 4 atom stereocenters. The largest absolute Gasteiger partial charge is 0.463 e. The number of rotatable bonds is 6. The van der Waals surface area contributed by atoms with Crippen molar-refractivity contribution in [3.63, 3.8) is 0 Å². The van der Waals surface area contributed by atoms with Gasteiger partial charge in [-0.3, -0.25) is 14.0 Å². The summed E-state index contributed by atoms with van der Waals surface area (Å²) in [6.07, 6.45) is -2.40. The maximum absolute atomic E-state index is 12.2. The van der Waals surface area contributed by atoms with E-state index < -0.39 is 41.8 Å². The molecule has 1 aliphatic rings. The van der Waals surface area contributed by atoms with Gasteiger partial charge < -0.3 is 25.1 Å². The Morgan fingerprint density at radius 2 is 2.20 bits per heavy atom. The first-order chi connectivity index (χ1) is 14.2. The Labute approximate surface area is 172 Å². The van der Waals surface area contributed by atoms with E-state index in [9.17, 15) is 20.0 Å². The Morgan fingerprint density at radius 3 is 2.83 bits per heavy atom. The lowest BCUT2D eigenvalue weighted by molar-refractivity contribution is -0.163. The number of aliphatic hydroxyl groups is 1. The normalized spacial score (nSPS) is 25.9. The van der Waals surface area contributed by atoms with Crippen LogP contribution in [-0.4, -0.2) is 56.6 Å². The number of nitrogens with zero attached hydrogens (tertiary/aromatic N) is 4. The van der Waals surface area contributed by atoms with Gasteiger partial charge in [-0.15, -0.1) is 10.2 Å². The molecular formula is C19H23N5O6. The van der Waals surface area contributed by atoms with Crippen LogP contribution in [0.4, 0.5) is 5.82 Å². The summed E-state index contributed by atoms with van der Waals surface area (Å²) in [5.74, 6) is -1.43. The van der Waals surface area contributed by atoms with Crippen LogP contribution < -0.4 is 5.73 Å². The van der Waals surface area contributed by atoms with Crippen molar-refractivity contribution >= 4 is 23.3 Å². The molecule has 30 heavy (non-hydrogen) atoms. The van der Waals surface area contributed by atoms with E-state index >= 15 is 0 Å². The van der Waals surface area contributed by atoms with Crippen LogP contribution in [0, 0.1) is 17.2 Å². The number of fused-ring (bicyclic) bond motifs is 1. The van der Waals surface area contributed by atoms with Gasteiger partial charge in [-0.25, -0.2) is 0 Å². The number of nitrogen functional groups attached to an aromatic ring is 1. The number of nitrogens with two attached hydrogens (primary N) is 1. The Morgan fingerprint density at radius 1 is 1.47 bits per heavy atom. The zero-order chi connectivity index (χ0) is 22.1. The van der Waals surface area contributed by atoms with Gasteiger partial charge in [0, 0.05) is 6.42 Å². The third-order valence-corrected chi connectivity index (χ3v) is 4.91. The van der Waals surface area contributed by atoms with Crippen molar-refractivity contribution in [2.24, 2.45) is 5.92 Å². The predicted octanol–water partition coefficient (Wildman–Crippen LogP) is 0.311. The number of esters is 2. The number of ether oxygens (including phenoxy) is 3. The highest BCUT2D eigenvalue weighted by atomic mass is 16.6. The van der Waals surface area contributed by atoms with Crippen LogP contribution in [-0.2, 0) is 29.4 Å². The first kappa shape index (κ1) is 21.5. The predicted molar refractivity (Wildman–Crippen MR) is 102 cm³/mol. The van der Waals surface area contributed by atoms with Gasteiger partial charge in [0.25, 0.3) is 0 Å². The molecule has 0 aromatic carbocycles. The second-order valence-corrected chi connectivity index (χ2v) is 7.23. The number of aromatic nitrogens is 3. The zero-order valence-electron chi connectivity index (χ0n) is 16.8. The van der Waals surface area contributed by atoms with Gasteiger partial charge in [0.2, 0.25) is 5.60 Å². The molecule has 0 radical (unpaired) electrons. The number of hydrogen-bond donors (Lipinski definition) is 2.